The third kappa shape index (κ3) is 6.71. The van der Waals surface area contributed by atoms with Gasteiger partial charge >= 0.3 is 0 Å². The molecule has 0 unspecified atom stereocenters. The molecule has 0 aliphatic heterocycles. The van der Waals surface area contributed by atoms with Crippen molar-refractivity contribution in [3.8, 4) is 12.3 Å². The second kappa shape index (κ2) is 9.50. The predicted molar refractivity (Wildman–Crippen MR) is 75.1 cm³/mol. The van der Waals surface area contributed by atoms with Crippen molar-refractivity contribution in [3.05, 3.63) is 0 Å². The topological polar surface area (TPSA) is 15.3 Å². The molecule has 0 heterocycles. The molecule has 0 aromatic carbocycles. The average Bonchev–Trinajstić information content (AvgIpc) is 2.38. The third-order valence-corrected chi connectivity index (χ3v) is 3.74. The van der Waals surface area contributed by atoms with Crippen LogP contribution >= 0.6 is 0 Å². The quantitative estimate of drug-likeness (QED) is 0.515. The highest BCUT2D eigenvalue weighted by molar-refractivity contribution is 4.83. The summed E-state index contributed by atoms with van der Waals surface area (Å²) < 4.78 is 0. The fourth-order valence-corrected chi connectivity index (χ4v) is 2.60. The Morgan fingerprint density at radius 1 is 1.18 bits per heavy atom. The van der Waals surface area contributed by atoms with E-state index in [2.05, 4.69) is 23.2 Å². The lowest BCUT2D eigenvalue weighted by Crippen LogP contribution is -2.35. The number of hydrogen-bond acceptors (Lipinski definition) is 2. The first-order chi connectivity index (χ1) is 8.34. The van der Waals surface area contributed by atoms with Crippen LogP contribution in [0.5, 0.6) is 0 Å². The van der Waals surface area contributed by atoms with Gasteiger partial charge < -0.3 is 10.2 Å². The van der Waals surface area contributed by atoms with Gasteiger partial charge in [0.25, 0.3) is 0 Å². The van der Waals surface area contributed by atoms with E-state index in [0.29, 0.717) is 0 Å². The van der Waals surface area contributed by atoms with Crippen LogP contribution in [-0.4, -0.2) is 37.6 Å². The summed E-state index contributed by atoms with van der Waals surface area (Å²) in [5.41, 5.74) is 0. The zero-order chi connectivity index (χ0) is 12.3. The fraction of sp³-hybridized carbons (Fsp3) is 0.867. The van der Waals surface area contributed by atoms with Gasteiger partial charge in [0.1, 0.15) is 0 Å². The van der Waals surface area contributed by atoms with Gasteiger partial charge in [-0.05, 0) is 52.4 Å². The Morgan fingerprint density at radius 3 is 2.59 bits per heavy atom. The maximum Gasteiger partial charge on any atom is 0.00981 e. The van der Waals surface area contributed by atoms with Crippen LogP contribution in [0, 0.1) is 12.3 Å². The van der Waals surface area contributed by atoms with E-state index >= 15 is 0 Å². The van der Waals surface area contributed by atoms with Gasteiger partial charge in [-0.3, -0.25) is 0 Å². The molecule has 0 bridgehead atoms. The van der Waals surface area contributed by atoms with Crippen molar-refractivity contribution in [2.75, 3.05) is 26.7 Å². The average molecular weight is 236 g/mol. The molecule has 1 N–H and O–H groups in total. The molecule has 0 aromatic heterocycles. The highest BCUT2D eigenvalue weighted by Crippen LogP contribution is 2.21. The van der Waals surface area contributed by atoms with Crippen molar-refractivity contribution in [1.82, 2.24) is 10.2 Å². The van der Waals surface area contributed by atoms with Crippen molar-refractivity contribution in [3.63, 3.8) is 0 Å². The number of nitrogens with zero attached hydrogens (tertiary/aromatic N) is 1. The predicted octanol–water partition coefficient (Wildman–Crippen LogP) is 2.64. The molecular weight excluding hydrogens is 208 g/mol. The van der Waals surface area contributed by atoms with Crippen LogP contribution in [0.3, 0.4) is 0 Å². The molecule has 0 atom stereocenters. The molecular formula is C15H28N2. The number of hydrogen-bond donors (Lipinski definition) is 1. The molecule has 1 rings (SSSR count). The van der Waals surface area contributed by atoms with E-state index in [1.54, 1.807) is 0 Å². The Bertz CT molecular complexity index is 213. The third-order valence-electron chi connectivity index (χ3n) is 3.74. The molecule has 98 valence electrons. The van der Waals surface area contributed by atoms with Gasteiger partial charge in [0.2, 0.25) is 0 Å². The van der Waals surface area contributed by atoms with Crippen LogP contribution < -0.4 is 5.32 Å². The molecule has 2 heteroatoms. The second-order valence-electron chi connectivity index (χ2n) is 5.18. The summed E-state index contributed by atoms with van der Waals surface area (Å²) in [5.74, 6) is 2.67. The molecule has 0 spiro atoms. The van der Waals surface area contributed by atoms with Crippen molar-refractivity contribution in [1.29, 1.82) is 0 Å². The van der Waals surface area contributed by atoms with Crippen molar-refractivity contribution in [2.45, 2.75) is 57.4 Å². The van der Waals surface area contributed by atoms with Crippen LogP contribution in [0.1, 0.15) is 51.4 Å². The zero-order valence-electron chi connectivity index (χ0n) is 11.4. The van der Waals surface area contributed by atoms with Crippen LogP contribution in [0.2, 0.25) is 0 Å². The minimum absolute atomic E-state index is 0.852. The highest BCUT2D eigenvalue weighted by atomic mass is 15.1. The number of nitrogens with one attached hydrogen (secondary N) is 1. The standard InChI is InChI=1S/C15H28N2/c1-3-4-8-12-16-13-9-14-17(2)15-10-6-5-7-11-15/h1,15-16H,4-14H2,2H3. The van der Waals surface area contributed by atoms with Gasteiger partial charge in [0.15, 0.2) is 0 Å². The summed E-state index contributed by atoms with van der Waals surface area (Å²) in [6.07, 6.45) is 15.6. The van der Waals surface area contributed by atoms with E-state index in [1.807, 2.05) is 0 Å². The van der Waals surface area contributed by atoms with Gasteiger partial charge in [-0.25, -0.2) is 0 Å². The lowest BCUT2D eigenvalue weighted by atomic mass is 9.94. The molecule has 1 aliphatic rings. The Morgan fingerprint density at radius 2 is 1.88 bits per heavy atom. The smallest absolute Gasteiger partial charge is 0.00981 e. The summed E-state index contributed by atoms with van der Waals surface area (Å²) in [6, 6.07) is 0.852. The number of terminal acetylenes is 1. The fourth-order valence-electron chi connectivity index (χ4n) is 2.60. The normalized spacial score (nSPS) is 17.2. The van der Waals surface area contributed by atoms with E-state index in [-0.39, 0.29) is 0 Å². The molecule has 0 saturated heterocycles. The minimum atomic E-state index is 0.852. The highest BCUT2D eigenvalue weighted by Gasteiger charge is 2.16. The summed E-state index contributed by atoms with van der Waals surface area (Å²) in [5, 5.41) is 3.46. The van der Waals surface area contributed by atoms with Crippen LogP contribution in [0.15, 0.2) is 0 Å². The Labute approximate surface area is 107 Å². The number of unbranched alkanes of at least 4 members (excludes halogenated alkanes) is 1. The van der Waals surface area contributed by atoms with E-state index in [1.165, 1.54) is 45.1 Å². The minimum Gasteiger partial charge on any atom is -0.317 e. The van der Waals surface area contributed by atoms with Crippen molar-refractivity contribution < 1.29 is 0 Å². The van der Waals surface area contributed by atoms with E-state index < -0.39 is 0 Å². The summed E-state index contributed by atoms with van der Waals surface area (Å²) in [6.45, 7) is 3.42. The first-order valence-corrected chi connectivity index (χ1v) is 7.19. The lowest BCUT2D eigenvalue weighted by molar-refractivity contribution is 0.189. The van der Waals surface area contributed by atoms with E-state index in [4.69, 9.17) is 6.42 Å². The number of rotatable bonds is 8. The monoisotopic (exact) mass is 236 g/mol. The van der Waals surface area contributed by atoms with E-state index in [0.717, 1.165) is 32.0 Å². The van der Waals surface area contributed by atoms with Gasteiger partial charge in [-0.15, -0.1) is 12.3 Å². The first kappa shape index (κ1) is 14.5. The van der Waals surface area contributed by atoms with Gasteiger partial charge in [-0.2, -0.15) is 0 Å². The Hall–Kier alpha value is -0.520. The maximum absolute atomic E-state index is 5.21. The van der Waals surface area contributed by atoms with Crippen molar-refractivity contribution >= 4 is 0 Å². The molecule has 1 fully saturated rings. The first-order valence-electron chi connectivity index (χ1n) is 7.19. The largest absolute Gasteiger partial charge is 0.317 e. The van der Waals surface area contributed by atoms with Crippen molar-refractivity contribution in [2.24, 2.45) is 0 Å². The molecule has 0 amide bonds. The molecule has 1 saturated carbocycles. The van der Waals surface area contributed by atoms with Gasteiger partial charge in [0.05, 0.1) is 0 Å². The molecule has 0 aromatic rings. The van der Waals surface area contributed by atoms with Crippen LogP contribution in [-0.2, 0) is 0 Å². The Kier molecular flexibility index (Phi) is 8.13. The summed E-state index contributed by atoms with van der Waals surface area (Å²) in [7, 11) is 2.29. The SMILES string of the molecule is C#CCCCNCCCN(C)C1CCCCC1. The second-order valence-corrected chi connectivity index (χ2v) is 5.18. The van der Waals surface area contributed by atoms with Crippen LogP contribution in [0.4, 0.5) is 0 Å². The summed E-state index contributed by atoms with van der Waals surface area (Å²) >= 11 is 0. The summed E-state index contributed by atoms with van der Waals surface area (Å²) in [4.78, 5) is 2.56. The lowest BCUT2D eigenvalue weighted by Gasteiger charge is -2.31. The maximum atomic E-state index is 5.21. The van der Waals surface area contributed by atoms with Gasteiger partial charge in [0, 0.05) is 12.5 Å². The molecule has 2 nitrogen and oxygen atoms in total. The van der Waals surface area contributed by atoms with E-state index in [9.17, 15) is 0 Å². The van der Waals surface area contributed by atoms with Gasteiger partial charge in [-0.1, -0.05) is 19.3 Å². The molecule has 17 heavy (non-hydrogen) atoms. The Balaban J connectivity index is 1.92. The molecule has 0 radical (unpaired) electrons. The van der Waals surface area contributed by atoms with Crippen LogP contribution in [0.25, 0.3) is 0 Å². The molecule has 1 aliphatic carbocycles. The zero-order valence-corrected chi connectivity index (χ0v) is 11.4.